The Morgan fingerprint density at radius 1 is 0.952 bits per heavy atom. The standard InChI is InChI=1S/C20H23Br/c1-3-4-15-19(16(2)17-11-7-5-8-12-17)20(21)18-13-9-6-10-14-18/h5-14,16H,3-4,15H2,1-2H3/b20-19+. The number of halogens is 1. The summed E-state index contributed by atoms with van der Waals surface area (Å²) in [6.45, 7) is 4.56. The predicted octanol–water partition coefficient (Wildman–Crippen LogP) is 6.79. The summed E-state index contributed by atoms with van der Waals surface area (Å²) in [7, 11) is 0. The lowest BCUT2D eigenvalue weighted by Crippen LogP contribution is -2.00. The van der Waals surface area contributed by atoms with E-state index in [9.17, 15) is 0 Å². The largest absolute Gasteiger partial charge is 0.0654 e. The van der Waals surface area contributed by atoms with E-state index in [1.807, 2.05) is 0 Å². The van der Waals surface area contributed by atoms with Crippen LogP contribution in [0.5, 0.6) is 0 Å². The maximum atomic E-state index is 3.86. The van der Waals surface area contributed by atoms with Crippen LogP contribution in [0.4, 0.5) is 0 Å². The molecule has 0 fully saturated rings. The topological polar surface area (TPSA) is 0 Å². The Bertz CT molecular complexity index is 569. The minimum Gasteiger partial charge on any atom is -0.0654 e. The Morgan fingerprint density at radius 3 is 2.10 bits per heavy atom. The maximum absolute atomic E-state index is 3.86. The highest BCUT2D eigenvalue weighted by Crippen LogP contribution is 2.37. The molecular formula is C20H23Br. The number of hydrogen-bond acceptors (Lipinski definition) is 0. The monoisotopic (exact) mass is 342 g/mol. The number of unbranched alkanes of at least 4 members (excludes halogenated alkanes) is 1. The maximum Gasteiger partial charge on any atom is 0.0245 e. The SMILES string of the molecule is CCCC/C(=C(\Br)c1ccccc1)C(C)c1ccccc1. The zero-order valence-corrected chi connectivity index (χ0v) is 14.4. The summed E-state index contributed by atoms with van der Waals surface area (Å²) in [5.41, 5.74) is 4.15. The van der Waals surface area contributed by atoms with Gasteiger partial charge in [-0.1, -0.05) is 96.9 Å². The third-order valence-corrected chi connectivity index (χ3v) is 4.90. The van der Waals surface area contributed by atoms with Gasteiger partial charge in [0.05, 0.1) is 0 Å². The molecule has 0 aliphatic carbocycles. The number of rotatable bonds is 6. The molecule has 0 radical (unpaired) electrons. The van der Waals surface area contributed by atoms with Crippen molar-refractivity contribution in [3.05, 3.63) is 77.4 Å². The molecule has 0 aliphatic heterocycles. The molecular weight excluding hydrogens is 320 g/mol. The van der Waals surface area contributed by atoms with Gasteiger partial charge >= 0.3 is 0 Å². The van der Waals surface area contributed by atoms with Crippen molar-refractivity contribution in [3.8, 4) is 0 Å². The Hall–Kier alpha value is -1.34. The first-order chi connectivity index (χ1) is 10.2. The van der Waals surface area contributed by atoms with Crippen molar-refractivity contribution in [2.75, 3.05) is 0 Å². The molecule has 0 spiro atoms. The molecule has 1 atom stereocenters. The van der Waals surface area contributed by atoms with E-state index >= 15 is 0 Å². The van der Waals surface area contributed by atoms with Gasteiger partial charge in [0.2, 0.25) is 0 Å². The third-order valence-electron chi connectivity index (χ3n) is 3.93. The van der Waals surface area contributed by atoms with Crippen molar-refractivity contribution in [2.45, 2.75) is 39.0 Å². The summed E-state index contributed by atoms with van der Waals surface area (Å²) < 4.78 is 1.26. The van der Waals surface area contributed by atoms with Crippen molar-refractivity contribution in [1.29, 1.82) is 0 Å². The summed E-state index contributed by atoms with van der Waals surface area (Å²) >= 11 is 3.86. The summed E-state index contributed by atoms with van der Waals surface area (Å²) in [5.74, 6) is 0.437. The van der Waals surface area contributed by atoms with Gasteiger partial charge in [-0.3, -0.25) is 0 Å². The molecule has 0 N–H and O–H groups in total. The molecule has 0 bridgehead atoms. The van der Waals surface area contributed by atoms with Crippen molar-refractivity contribution in [3.63, 3.8) is 0 Å². The molecule has 2 aromatic carbocycles. The van der Waals surface area contributed by atoms with Crippen LogP contribution >= 0.6 is 15.9 Å². The fourth-order valence-corrected chi connectivity index (χ4v) is 3.40. The summed E-state index contributed by atoms with van der Waals surface area (Å²) in [4.78, 5) is 0. The van der Waals surface area contributed by atoms with Gasteiger partial charge in [-0.2, -0.15) is 0 Å². The van der Waals surface area contributed by atoms with E-state index < -0.39 is 0 Å². The second kappa shape index (κ2) is 8.19. The average Bonchev–Trinajstić information content (AvgIpc) is 2.56. The van der Waals surface area contributed by atoms with Crippen LogP contribution in [0, 0.1) is 0 Å². The van der Waals surface area contributed by atoms with E-state index in [4.69, 9.17) is 0 Å². The van der Waals surface area contributed by atoms with E-state index in [0.717, 1.165) is 6.42 Å². The molecule has 0 aromatic heterocycles. The molecule has 21 heavy (non-hydrogen) atoms. The first-order valence-electron chi connectivity index (χ1n) is 7.73. The van der Waals surface area contributed by atoms with Crippen LogP contribution in [0.15, 0.2) is 66.2 Å². The molecule has 0 saturated carbocycles. The summed E-state index contributed by atoms with van der Waals surface area (Å²) in [6, 6.07) is 21.4. The number of benzene rings is 2. The summed E-state index contributed by atoms with van der Waals surface area (Å²) in [6.07, 6.45) is 3.59. The lowest BCUT2D eigenvalue weighted by Gasteiger charge is -2.19. The number of hydrogen-bond donors (Lipinski definition) is 0. The van der Waals surface area contributed by atoms with Gasteiger partial charge in [-0.05, 0) is 29.5 Å². The molecule has 0 saturated heterocycles. The Balaban J connectivity index is 2.38. The highest BCUT2D eigenvalue weighted by molar-refractivity contribution is 9.15. The lowest BCUT2D eigenvalue weighted by atomic mass is 9.88. The van der Waals surface area contributed by atoms with E-state index in [1.165, 1.54) is 34.0 Å². The summed E-state index contributed by atoms with van der Waals surface area (Å²) in [5, 5.41) is 0. The van der Waals surface area contributed by atoms with Crippen LogP contribution in [-0.2, 0) is 0 Å². The molecule has 0 nitrogen and oxygen atoms in total. The molecule has 0 heterocycles. The Labute approximate surface area is 137 Å². The van der Waals surface area contributed by atoms with E-state index in [0.29, 0.717) is 5.92 Å². The molecule has 0 aliphatic rings. The average molecular weight is 343 g/mol. The molecule has 1 unspecified atom stereocenters. The van der Waals surface area contributed by atoms with Gasteiger partial charge in [0.1, 0.15) is 0 Å². The van der Waals surface area contributed by atoms with Crippen molar-refractivity contribution in [2.24, 2.45) is 0 Å². The minimum absolute atomic E-state index is 0.437. The van der Waals surface area contributed by atoms with Crippen molar-refractivity contribution < 1.29 is 0 Å². The smallest absolute Gasteiger partial charge is 0.0245 e. The molecule has 2 aromatic rings. The molecule has 1 heteroatoms. The van der Waals surface area contributed by atoms with Crippen LogP contribution in [0.2, 0.25) is 0 Å². The lowest BCUT2D eigenvalue weighted by molar-refractivity contribution is 0.733. The van der Waals surface area contributed by atoms with Crippen LogP contribution < -0.4 is 0 Å². The second-order valence-electron chi connectivity index (χ2n) is 5.44. The first-order valence-corrected chi connectivity index (χ1v) is 8.52. The normalized spacial score (nSPS) is 13.7. The van der Waals surface area contributed by atoms with Gasteiger partial charge in [0.25, 0.3) is 0 Å². The zero-order valence-electron chi connectivity index (χ0n) is 12.9. The first kappa shape index (κ1) is 16.0. The molecule has 110 valence electrons. The van der Waals surface area contributed by atoms with Gasteiger partial charge in [0.15, 0.2) is 0 Å². The van der Waals surface area contributed by atoms with Gasteiger partial charge in [0, 0.05) is 10.4 Å². The van der Waals surface area contributed by atoms with E-state index in [2.05, 4.69) is 90.4 Å². The van der Waals surface area contributed by atoms with E-state index in [-0.39, 0.29) is 0 Å². The minimum atomic E-state index is 0.437. The fourth-order valence-electron chi connectivity index (χ4n) is 2.60. The van der Waals surface area contributed by atoms with Gasteiger partial charge in [-0.15, -0.1) is 0 Å². The predicted molar refractivity (Wildman–Crippen MR) is 96.7 cm³/mol. The second-order valence-corrected chi connectivity index (χ2v) is 6.23. The third kappa shape index (κ3) is 4.31. The van der Waals surface area contributed by atoms with E-state index in [1.54, 1.807) is 0 Å². The van der Waals surface area contributed by atoms with Gasteiger partial charge in [-0.25, -0.2) is 0 Å². The number of allylic oxidation sites excluding steroid dienone is 1. The fraction of sp³-hybridized carbons (Fsp3) is 0.300. The highest BCUT2D eigenvalue weighted by atomic mass is 79.9. The molecule has 0 amide bonds. The Morgan fingerprint density at radius 2 is 1.52 bits per heavy atom. The van der Waals surface area contributed by atoms with Crippen LogP contribution in [0.3, 0.4) is 0 Å². The van der Waals surface area contributed by atoms with Gasteiger partial charge < -0.3 is 0 Å². The van der Waals surface area contributed by atoms with Crippen LogP contribution in [0.1, 0.15) is 50.2 Å². The molecule has 2 rings (SSSR count). The van der Waals surface area contributed by atoms with Crippen molar-refractivity contribution >= 4 is 20.4 Å². The van der Waals surface area contributed by atoms with Crippen LogP contribution in [0.25, 0.3) is 4.48 Å². The quantitative estimate of drug-likeness (QED) is 0.542. The van der Waals surface area contributed by atoms with Crippen LogP contribution in [-0.4, -0.2) is 0 Å². The highest BCUT2D eigenvalue weighted by Gasteiger charge is 2.15. The zero-order chi connectivity index (χ0) is 15.1. The Kier molecular flexibility index (Phi) is 6.25. The van der Waals surface area contributed by atoms with Crippen molar-refractivity contribution in [1.82, 2.24) is 0 Å².